The number of carbonyl (C=O) groups is 2. The first-order chi connectivity index (χ1) is 8.85. The van der Waals surface area contributed by atoms with E-state index < -0.39 is 22.4 Å². The predicted molar refractivity (Wildman–Crippen MR) is 71.5 cm³/mol. The minimum absolute atomic E-state index is 0.0845. The van der Waals surface area contributed by atoms with Crippen LogP contribution in [0.5, 0.6) is 0 Å². The molecule has 0 aromatic heterocycles. The second kappa shape index (κ2) is 7.01. The van der Waals surface area contributed by atoms with Crippen molar-refractivity contribution in [2.75, 3.05) is 0 Å². The first kappa shape index (κ1) is 16.1. The van der Waals surface area contributed by atoms with E-state index in [4.69, 9.17) is 11.6 Å². The number of thioether (sulfide) groups is 1. The first-order valence-corrected chi connectivity index (χ1v) is 6.94. The summed E-state index contributed by atoms with van der Waals surface area (Å²) in [5.41, 5.74) is -0.429. The van der Waals surface area contributed by atoms with Crippen LogP contribution in [0.15, 0.2) is 17.0 Å². The minimum Gasteiger partial charge on any atom is -0.287 e. The summed E-state index contributed by atoms with van der Waals surface area (Å²) in [6, 6.07) is 1.54. The summed E-state index contributed by atoms with van der Waals surface area (Å²) >= 11 is 5.84. The Hall–Kier alpha value is -0.940. The van der Waals surface area contributed by atoms with Crippen molar-refractivity contribution in [1.29, 1.82) is 0 Å². The van der Waals surface area contributed by atoms with Crippen LogP contribution in [-0.4, -0.2) is 10.4 Å². The van der Waals surface area contributed by atoms with Crippen LogP contribution in [0.2, 0.25) is 0 Å². The number of rotatable bonds is 5. The number of benzene rings is 1. The van der Waals surface area contributed by atoms with E-state index in [0.717, 1.165) is 12.5 Å². The van der Waals surface area contributed by atoms with Gasteiger partial charge in [-0.15, -0.1) is 0 Å². The highest BCUT2D eigenvalue weighted by Crippen LogP contribution is 2.28. The number of halogens is 3. The molecule has 0 saturated heterocycles. The largest absolute Gasteiger partial charge is 0.287 e. The summed E-state index contributed by atoms with van der Waals surface area (Å²) in [5.74, 6) is -1.71. The van der Waals surface area contributed by atoms with E-state index in [9.17, 15) is 18.4 Å². The quantitative estimate of drug-likeness (QED) is 0.597. The monoisotopic (exact) mass is 306 g/mol. The summed E-state index contributed by atoms with van der Waals surface area (Å²) in [6.45, 7) is 3.86. The zero-order valence-corrected chi connectivity index (χ0v) is 12.1. The number of hydrogen-bond acceptors (Lipinski definition) is 3. The SMILES string of the molecule is CCC(C)CC(=O)Sc1cc(C(=O)Cl)c(F)cc1F. The van der Waals surface area contributed by atoms with Crippen molar-refractivity contribution in [3.8, 4) is 0 Å². The van der Waals surface area contributed by atoms with E-state index in [1.54, 1.807) is 0 Å². The zero-order chi connectivity index (χ0) is 14.6. The van der Waals surface area contributed by atoms with Gasteiger partial charge in [0.15, 0.2) is 5.12 Å². The third kappa shape index (κ3) is 4.58. The summed E-state index contributed by atoms with van der Waals surface area (Å²) in [6.07, 6.45) is 1.13. The van der Waals surface area contributed by atoms with Crippen molar-refractivity contribution in [1.82, 2.24) is 0 Å². The molecule has 1 atom stereocenters. The second-order valence-electron chi connectivity index (χ2n) is 4.23. The van der Waals surface area contributed by atoms with Crippen LogP contribution in [0.3, 0.4) is 0 Å². The van der Waals surface area contributed by atoms with Gasteiger partial charge >= 0.3 is 0 Å². The van der Waals surface area contributed by atoms with Gasteiger partial charge in [0, 0.05) is 12.5 Å². The maximum Gasteiger partial charge on any atom is 0.255 e. The lowest BCUT2D eigenvalue weighted by molar-refractivity contribution is -0.111. The Morgan fingerprint density at radius 3 is 2.47 bits per heavy atom. The van der Waals surface area contributed by atoms with Crippen molar-refractivity contribution in [2.45, 2.75) is 31.6 Å². The molecule has 1 aromatic rings. The maximum atomic E-state index is 13.5. The van der Waals surface area contributed by atoms with Crippen LogP contribution < -0.4 is 0 Å². The van der Waals surface area contributed by atoms with Gasteiger partial charge in [-0.25, -0.2) is 8.78 Å². The summed E-state index contributed by atoms with van der Waals surface area (Å²) in [7, 11) is 0. The molecule has 0 spiro atoms. The molecule has 1 unspecified atom stereocenters. The van der Waals surface area contributed by atoms with Crippen molar-refractivity contribution >= 4 is 33.7 Å². The molecule has 19 heavy (non-hydrogen) atoms. The molecule has 0 heterocycles. The molecule has 0 aliphatic rings. The number of carbonyl (C=O) groups excluding carboxylic acids is 2. The van der Waals surface area contributed by atoms with Crippen molar-refractivity contribution in [3.63, 3.8) is 0 Å². The van der Waals surface area contributed by atoms with E-state index in [-0.39, 0.29) is 15.9 Å². The molecule has 1 aromatic carbocycles. The summed E-state index contributed by atoms with van der Waals surface area (Å²) in [4.78, 5) is 22.5. The normalized spacial score (nSPS) is 12.3. The summed E-state index contributed by atoms with van der Waals surface area (Å²) < 4.78 is 26.7. The van der Waals surface area contributed by atoms with E-state index in [1.165, 1.54) is 0 Å². The lowest BCUT2D eigenvalue weighted by Gasteiger charge is -2.08. The van der Waals surface area contributed by atoms with E-state index in [2.05, 4.69) is 0 Å². The Morgan fingerprint density at radius 1 is 1.32 bits per heavy atom. The molecule has 0 bridgehead atoms. The Balaban J connectivity index is 2.92. The third-order valence-electron chi connectivity index (χ3n) is 2.67. The fraction of sp³-hybridized carbons (Fsp3) is 0.385. The average molecular weight is 307 g/mol. The predicted octanol–water partition coefficient (Wildman–Crippen LogP) is 4.40. The average Bonchev–Trinajstić information content (AvgIpc) is 2.31. The van der Waals surface area contributed by atoms with Crippen molar-refractivity contribution in [3.05, 3.63) is 29.3 Å². The Bertz CT molecular complexity index is 506. The Kier molecular flexibility index (Phi) is 5.94. The van der Waals surface area contributed by atoms with Gasteiger partial charge in [0.05, 0.1) is 10.5 Å². The fourth-order valence-corrected chi connectivity index (χ4v) is 2.44. The maximum absolute atomic E-state index is 13.5. The highest BCUT2D eigenvalue weighted by molar-refractivity contribution is 8.13. The smallest absolute Gasteiger partial charge is 0.255 e. The van der Waals surface area contributed by atoms with E-state index in [0.29, 0.717) is 24.2 Å². The summed E-state index contributed by atoms with van der Waals surface area (Å²) in [5, 5.41) is -1.25. The Labute approximate surface area is 119 Å². The molecule has 104 valence electrons. The van der Waals surface area contributed by atoms with Crippen LogP contribution in [0, 0.1) is 17.6 Å². The van der Waals surface area contributed by atoms with Gasteiger partial charge in [-0.2, -0.15) is 0 Å². The zero-order valence-electron chi connectivity index (χ0n) is 10.5. The van der Waals surface area contributed by atoms with Crippen LogP contribution in [-0.2, 0) is 4.79 Å². The van der Waals surface area contributed by atoms with Crippen LogP contribution >= 0.6 is 23.4 Å². The van der Waals surface area contributed by atoms with Gasteiger partial charge in [0.2, 0.25) is 0 Å². The number of hydrogen-bond donors (Lipinski definition) is 0. The highest BCUT2D eigenvalue weighted by Gasteiger charge is 2.18. The molecule has 0 saturated carbocycles. The van der Waals surface area contributed by atoms with Crippen LogP contribution in [0.25, 0.3) is 0 Å². The van der Waals surface area contributed by atoms with Gasteiger partial charge in [-0.05, 0) is 35.3 Å². The standard InChI is InChI=1S/C13H13ClF2O2S/c1-3-7(2)4-12(17)19-11-5-8(13(14)18)9(15)6-10(11)16/h5-7H,3-4H2,1-2H3. The van der Waals surface area contributed by atoms with Gasteiger partial charge in [-0.3, -0.25) is 9.59 Å². The van der Waals surface area contributed by atoms with Gasteiger partial charge in [0.25, 0.3) is 5.24 Å². The second-order valence-corrected chi connectivity index (χ2v) is 5.67. The molecular weight excluding hydrogens is 294 g/mol. The third-order valence-corrected chi connectivity index (χ3v) is 3.80. The van der Waals surface area contributed by atoms with Crippen molar-refractivity contribution < 1.29 is 18.4 Å². The molecular formula is C13H13ClF2O2S. The Morgan fingerprint density at radius 2 is 1.95 bits per heavy atom. The van der Waals surface area contributed by atoms with Crippen LogP contribution in [0.1, 0.15) is 37.0 Å². The minimum atomic E-state index is -1.03. The lowest BCUT2D eigenvalue weighted by atomic mass is 10.1. The molecule has 0 fully saturated rings. The molecule has 0 aliphatic carbocycles. The van der Waals surface area contributed by atoms with E-state index >= 15 is 0 Å². The fourth-order valence-electron chi connectivity index (χ4n) is 1.35. The van der Waals surface area contributed by atoms with Gasteiger partial charge in [-0.1, -0.05) is 20.3 Å². The van der Waals surface area contributed by atoms with Crippen LogP contribution in [0.4, 0.5) is 8.78 Å². The molecule has 6 heteroatoms. The highest BCUT2D eigenvalue weighted by atomic mass is 35.5. The van der Waals surface area contributed by atoms with E-state index in [1.807, 2.05) is 13.8 Å². The first-order valence-electron chi connectivity index (χ1n) is 5.74. The van der Waals surface area contributed by atoms with Gasteiger partial charge in [0.1, 0.15) is 11.6 Å². The van der Waals surface area contributed by atoms with Gasteiger partial charge < -0.3 is 0 Å². The molecule has 0 amide bonds. The molecule has 0 radical (unpaired) electrons. The molecule has 1 rings (SSSR count). The van der Waals surface area contributed by atoms with Crippen molar-refractivity contribution in [2.24, 2.45) is 5.92 Å². The molecule has 0 N–H and O–H groups in total. The topological polar surface area (TPSA) is 34.1 Å². The lowest BCUT2D eigenvalue weighted by Crippen LogP contribution is -2.03. The molecule has 2 nitrogen and oxygen atoms in total. The molecule has 0 aliphatic heterocycles.